The minimum atomic E-state index is -3.70. The minimum Gasteiger partial charge on any atom is -0.298 e. The molecule has 0 saturated carbocycles. The van der Waals surface area contributed by atoms with Crippen LogP contribution in [0.2, 0.25) is 0 Å². The van der Waals surface area contributed by atoms with Gasteiger partial charge in [0.05, 0.1) is 20.0 Å². The van der Waals surface area contributed by atoms with Crippen LogP contribution < -0.4 is 5.32 Å². The van der Waals surface area contributed by atoms with Crippen LogP contribution in [-0.4, -0.2) is 40.6 Å². The van der Waals surface area contributed by atoms with E-state index in [0.717, 1.165) is 11.3 Å². The molecule has 1 N–H and O–H groups in total. The Balaban J connectivity index is 1.91. The number of amides is 1. The number of hydrogen-bond acceptors (Lipinski definition) is 7. The molecule has 3 rings (SSSR count). The zero-order chi connectivity index (χ0) is 23.8. The molecule has 0 unspecified atom stereocenters. The van der Waals surface area contributed by atoms with E-state index < -0.39 is 20.9 Å². The third kappa shape index (κ3) is 4.64. The van der Waals surface area contributed by atoms with Crippen molar-refractivity contribution in [3.63, 3.8) is 0 Å². The molecule has 32 heavy (non-hydrogen) atoms. The number of sulfonamides is 1. The minimum absolute atomic E-state index is 0.134. The summed E-state index contributed by atoms with van der Waals surface area (Å²) in [5.41, 5.74) is 0.989. The van der Waals surface area contributed by atoms with Crippen molar-refractivity contribution < 1.29 is 18.1 Å². The Morgan fingerprint density at radius 1 is 1.12 bits per heavy atom. The Kier molecular flexibility index (Phi) is 6.63. The lowest BCUT2D eigenvalue weighted by molar-refractivity contribution is -0.385. The van der Waals surface area contributed by atoms with E-state index in [2.05, 4.69) is 10.3 Å². The van der Waals surface area contributed by atoms with Crippen molar-refractivity contribution in [2.45, 2.75) is 51.6 Å². The van der Waals surface area contributed by atoms with Gasteiger partial charge in [-0.15, -0.1) is 0 Å². The summed E-state index contributed by atoms with van der Waals surface area (Å²) in [7, 11) is -3.70. The van der Waals surface area contributed by atoms with E-state index in [4.69, 9.17) is 0 Å². The van der Waals surface area contributed by atoms with Gasteiger partial charge in [-0.05, 0) is 58.9 Å². The van der Waals surface area contributed by atoms with Crippen molar-refractivity contribution in [3.05, 3.63) is 57.6 Å². The van der Waals surface area contributed by atoms with Crippen LogP contribution in [-0.2, 0) is 10.0 Å². The molecule has 3 aromatic rings. The third-order valence-corrected chi connectivity index (χ3v) is 8.02. The molecular formula is C21H24N4O5S2. The van der Waals surface area contributed by atoms with Crippen molar-refractivity contribution in [2.24, 2.45) is 0 Å². The lowest BCUT2D eigenvalue weighted by Crippen LogP contribution is -2.41. The van der Waals surface area contributed by atoms with E-state index in [1.807, 2.05) is 27.7 Å². The van der Waals surface area contributed by atoms with Crippen LogP contribution in [0.25, 0.3) is 10.2 Å². The van der Waals surface area contributed by atoms with Gasteiger partial charge in [0.25, 0.3) is 11.6 Å². The second-order valence-corrected chi connectivity index (χ2v) is 10.8. The summed E-state index contributed by atoms with van der Waals surface area (Å²) in [6.07, 6.45) is 0. The predicted molar refractivity (Wildman–Crippen MR) is 125 cm³/mol. The van der Waals surface area contributed by atoms with Gasteiger partial charge in [0.1, 0.15) is 0 Å². The number of fused-ring (bicyclic) bond motifs is 1. The molecule has 0 bridgehead atoms. The maximum absolute atomic E-state index is 13.1. The molecule has 0 aliphatic rings. The van der Waals surface area contributed by atoms with Crippen LogP contribution in [0.4, 0.5) is 10.8 Å². The Bertz CT molecular complexity index is 1290. The monoisotopic (exact) mass is 476 g/mol. The number of nitro groups is 1. The van der Waals surface area contributed by atoms with Crippen molar-refractivity contribution in [1.29, 1.82) is 0 Å². The van der Waals surface area contributed by atoms with Gasteiger partial charge in [-0.25, -0.2) is 13.4 Å². The predicted octanol–water partition coefficient (Wildman–Crippen LogP) is 4.57. The van der Waals surface area contributed by atoms with E-state index in [0.29, 0.717) is 15.8 Å². The molecule has 2 aromatic carbocycles. The van der Waals surface area contributed by atoms with Crippen LogP contribution in [0.15, 0.2) is 41.3 Å². The summed E-state index contributed by atoms with van der Waals surface area (Å²) in [6.45, 7) is 8.90. The highest BCUT2D eigenvalue weighted by Crippen LogP contribution is 2.31. The van der Waals surface area contributed by atoms with Gasteiger partial charge >= 0.3 is 0 Å². The first-order valence-electron chi connectivity index (χ1n) is 9.92. The molecule has 0 aliphatic carbocycles. The molecule has 0 radical (unpaired) electrons. The second kappa shape index (κ2) is 8.93. The average molecular weight is 477 g/mol. The van der Waals surface area contributed by atoms with Crippen LogP contribution in [0.1, 0.15) is 43.6 Å². The summed E-state index contributed by atoms with van der Waals surface area (Å²) in [6, 6.07) is 8.48. The number of anilines is 1. The molecule has 9 nitrogen and oxygen atoms in total. The molecule has 0 fully saturated rings. The fourth-order valence-electron chi connectivity index (χ4n) is 3.51. The number of benzene rings is 2. The molecule has 1 amide bonds. The third-order valence-electron chi connectivity index (χ3n) is 4.84. The second-order valence-electron chi connectivity index (χ2n) is 7.88. The SMILES string of the molecule is Cc1ccc(C(=O)Nc2nc3ccc(S(=O)(=O)N(C(C)C)C(C)C)cc3s2)cc1[N+](=O)[O-]. The van der Waals surface area contributed by atoms with Gasteiger partial charge < -0.3 is 0 Å². The molecule has 11 heteroatoms. The topological polar surface area (TPSA) is 123 Å². The quantitative estimate of drug-likeness (QED) is 0.394. The van der Waals surface area contributed by atoms with E-state index in [1.165, 1.54) is 28.6 Å². The first kappa shape index (κ1) is 23.8. The van der Waals surface area contributed by atoms with Gasteiger partial charge in [0.2, 0.25) is 10.0 Å². The largest absolute Gasteiger partial charge is 0.298 e. The van der Waals surface area contributed by atoms with Crippen LogP contribution in [0.5, 0.6) is 0 Å². The summed E-state index contributed by atoms with van der Waals surface area (Å²) in [5.74, 6) is -0.536. The summed E-state index contributed by atoms with van der Waals surface area (Å²) < 4.78 is 28.3. The zero-order valence-electron chi connectivity index (χ0n) is 18.3. The number of aryl methyl sites for hydroxylation is 1. The fraction of sp³-hybridized carbons (Fsp3) is 0.333. The van der Waals surface area contributed by atoms with Crippen LogP contribution >= 0.6 is 11.3 Å². The van der Waals surface area contributed by atoms with Gasteiger partial charge in [-0.3, -0.25) is 20.2 Å². The molecule has 0 atom stereocenters. The fourth-order valence-corrected chi connectivity index (χ4v) is 6.34. The van der Waals surface area contributed by atoms with Gasteiger partial charge in [0, 0.05) is 29.3 Å². The molecule has 1 aromatic heterocycles. The normalized spacial score (nSPS) is 12.1. The van der Waals surface area contributed by atoms with Crippen LogP contribution in [0.3, 0.4) is 0 Å². The maximum Gasteiger partial charge on any atom is 0.273 e. The number of hydrogen-bond donors (Lipinski definition) is 1. The highest BCUT2D eigenvalue weighted by atomic mass is 32.2. The number of nitrogens with zero attached hydrogens (tertiary/aromatic N) is 3. The lowest BCUT2D eigenvalue weighted by atomic mass is 10.1. The molecule has 0 saturated heterocycles. The number of aromatic nitrogens is 1. The highest BCUT2D eigenvalue weighted by Gasteiger charge is 2.29. The molecule has 0 aliphatic heterocycles. The van der Waals surface area contributed by atoms with E-state index in [9.17, 15) is 23.3 Å². The molecule has 0 spiro atoms. The summed E-state index contributed by atoms with van der Waals surface area (Å²) >= 11 is 1.13. The van der Waals surface area contributed by atoms with Crippen molar-refractivity contribution in [1.82, 2.24) is 9.29 Å². The zero-order valence-corrected chi connectivity index (χ0v) is 20.0. The Hall–Kier alpha value is -2.89. The number of carbonyl (C=O) groups is 1. The first-order chi connectivity index (χ1) is 14.9. The van der Waals surface area contributed by atoms with Gasteiger partial charge in [-0.1, -0.05) is 17.4 Å². The Morgan fingerprint density at radius 2 is 1.78 bits per heavy atom. The van der Waals surface area contributed by atoms with E-state index in [1.54, 1.807) is 19.1 Å². The number of thiazole rings is 1. The Morgan fingerprint density at radius 3 is 2.38 bits per heavy atom. The molecule has 1 heterocycles. The summed E-state index contributed by atoms with van der Waals surface area (Å²) in [4.78, 5) is 27.7. The van der Waals surface area contributed by atoms with Gasteiger partial charge in [-0.2, -0.15) is 4.31 Å². The number of nitro benzene ring substituents is 1. The molecular weight excluding hydrogens is 452 g/mol. The first-order valence-corrected chi connectivity index (χ1v) is 12.2. The van der Waals surface area contributed by atoms with Crippen molar-refractivity contribution >= 4 is 48.3 Å². The van der Waals surface area contributed by atoms with Crippen LogP contribution in [0, 0.1) is 17.0 Å². The highest BCUT2D eigenvalue weighted by molar-refractivity contribution is 7.89. The average Bonchev–Trinajstić information content (AvgIpc) is 3.08. The van der Waals surface area contributed by atoms with Crippen molar-refractivity contribution in [2.75, 3.05) is 5.32 Å². The van der Waals surface area contributed by atoms with E-state index >= 15 is 0 Å². The lowest BCUT2D eigenvalue weighted by Gasteiger charge is -2.29. The number of carbonyl (C=O) groups excluding carboxylic acids is 1. The number of rotatable bonds is 7. The maximum atomic E-state index is 13.1. The number of nitrogens with one attached hydrogen (secondary N) is 1. The smallest absolute Gasteiger partial charge is 0.273 e. The van der Waals surface area contributed by atoms with Crippen molar-refractivity contribution in [3.8, 4) is 0 Å². The standard InChI is InChI=1S/C21H24N4O5S2/c1-12(2)24(13(3)4)32(29,30)16-8-9-17-19(11-16)31-21(22-17)23-20(26)15-7-6-14(5)18(10-15)25(27)28/h6-13H,1-5H3,(H,22,23,26). The van der Waals surface area contributed by atoms with E-state index in [-0.39, 0.29) is 33.4 Å². The Labute approximate surface area is 190 Å². The van der Waals surface area contributed by atoms with Gasteiger partial charge in [0.15, 0.2) is 5.13 Å². The summed E-state index contributed by atoms with van der Waals surface area (Å²) in [5, 5.41) is 14.0. The molecule has 170 valence electrons.